The lowest BCUT2D eigenvalue weighted by Crippen LogP contribution is -2.52. The Kier molecular flexibility index (Phi) is 5.58. The summed E-state index contributed by atoms with van der Waals surface area (Å²) in [5.41, 5.74) is 1.07. The molecule has 30 heavy (non-hydrogen) atoms. The molecule has 1 aromatic carbocycles. The Morgan fingerprint density at radius 2 is 1.93 bits per heavy atom. The maximum atomic E-state index is 12.9. The van der Waals surface area contributed by atoms with E-state index in [4.69, 9.17) is 4.74 Å². The van der Waals surface area contributed by atoms with Crippen LogP contribution in [0.15, 0.2) is 36.4 Å². The molecule has 1 amide bonds. The van der Waals surface area contributed by atoms with Gasteiger partial charge in [-0.15, -0.1) is 0 Å². The molecule has 0 unspecified atom stereocenters. The van der Waals surface area contributed by atoms with E-state index in [1.807, 2.05) is 30.3 Å². The smallest absolute Gasteiger partial charge is 0.357 e. The van der Waals surface area contributed by atoms with E-state index < -0.39 is 23.5 Å². The third kappa shape index (κ3) is 4.23. The Bertz CT molecular complexity index is 966. The number of nitriles is 1. The number of amides is 1. The Morgan fingerprint density at radius 3 is 2.57 bits per heavy atom. The number of ether oxygens (including phenoxy) is 1. The lowest BCUT2D eigenvalue weighted by Gasteiger charge is -2.32. The number of nitrogens with zero attached hydrogens (tertiary/aromatic N) is 3. The maximum absolute atomic E-state index is 12.9. The van der Waals surface area contributed by atoms with Gasteiger partial charge in [0.25, 0.3) is 5.91 Å². The molecule has 0 radical (unpaired) electrons. The lowest BCUT2D eigenvalue weighted by molar-refractivity contribution is -0.130. The quantitative estimate of drug-likeness (QED) is 0.739. The van der Waals surface area contributed by atoms with Crippen molar-refractivity contribution in [3.05, 3.63) is 47.8 Å². The van der Waals surface area contributed by atoms with Crippen LogP contribution < -0.4 is 5.32 Å². The highest BCUT2D eigenvalue weighted by Crippen LogP contribution is 2.39. The van der Waals surface area contributed by atoms with Crippen molar-refractivity contribution in [2.45, 2.75) is 69.4 Å². The molecule has 1 aromatic heterocycles. The average molecular weight is 406 g/mol. The predicted octanol–water partition coefficient (Wildman–Crippen LogP) is 3.64. The van der Waals surface area contributed by atoms with E-state index in [1.54, 1.807) is 10.7 Å². The first kappa shape index (κ1) is 20.1. The second-order valence-corrected chi connectivity index (χ2v) is 8.27. The highest BCUT2D eigenvalue weighted by molar-refractivity contribution is 5.91. The van der Waals surface area contributed by atoms with Gasteiger partial charge in [0.1, 0.15) is 5.54 Å². The molecule has 2 aliphatic carbocycles. The molecule has 7 heteroatoms. The fourth-order valence-electron chi connectivity index (χ4n) is 3.92. The molecule has 2 aromatic rings. The fourth-order valence-corrected chi connectivity index (χ4v) is 3.92. The molecule has 0 aliphatic heterocycles. The Labute approximate surface area is 176 Å². The first-order valence-corrected chi connectivity index (χ1v) is 10.6. The van der Waals surface area contributed by atoms with Crippen molar-refractivity contribution in [3.8, 4) is 11.8 Å². The largest absolute Gasteiger partial charge is 0.448 e. The number of hydrogen-bond acceptors (Lipinski definition) is 5. The summed E-state index contributed by atoms with van der Waals surface area (Å²) in [5, 5.41) is 17.0. The molecule has 4 rings (SSSR count). The van der Waals surface area contributed by atoms with Crippen LogP contribution in [0.2, 0.25) is 0 Å². The second kappa shape index (κ2) is 8.31. The summed E-state index contributed by atoms with van der Waals surface area (Å²) in [6, 6.07) is 13.4. The van der Waals surface area contributed by atoms with Crippen molar-refractivity contribution < 1.29 is 14.3 Å². The number of carbonyl (C=O) groups excluding carboxylic acids is 2. The number of carbonyl (C=O) groups is 2. The van der Waals surface area contributed by atoms with Crippen LogP contribution in [0.25, 0.3) is 5.69 Å². The SMILES string of the molecule is C[C@H](OC(=O)c1cc(C2CC2)nn1-c1ccccc1)C(=O)NC1(C#N)CCCCC1. The fraction of sp³-hybridized carbons (Fsp3) is 0.478. The summed E-state index contributed by atoms with van der Waals surface area (Å²) < 4.78 is 7.07. The van der Waals surface area contributed by atoms with Crippen LogP contribution in [0.3, 0.4) is 0 Å². The normalized spacial score (nSPS) is 18.8. The number of nitrogens with one attached hydrogen (secondary N) is 1. The van der Waals surface area contributed by atoms with E-state index in [0.29, 0.717) is 24.5 Å². The molecule has 0 spiro atoms. The van der Waals surface area contributed by atoms with Crippen LogP contribution in [0.4, 0.5) is 0 Å². The van der Waals surface area contributed by atoms with E-state index in [0.717, 1.165) is 43.5 Å². The van der Waals surface area contributed by atoms with Gasteiger partial charge in [0.15, 0.2) is 11.8 Å². The highest BCUT2D eigenvalue weighted by atomic mass is 16.5. The van der Waals surface area contributed by atoms with E-state index in [1.165, 1.54) is 6.92 Å². The van der Waals surface area contributed by atoms with Gasteiger partial charge in [0.2, 0.25) is 0 Å². The van der Waals surface area contributed by atoms with Gasteiger partial charge >= 0.3 is 5.97 Å². The van der Waals surface area contributed by atoms with Crippen LogP contribution in [0, 0.1) is 11.3 Å². The van der Waals surface area contributed by atoms with Crippen molar-refractivity contribution >= 4 is 11.9 Å². The summed E-state index contributed by atoms with van der Waals surface area (Å²) in [4.78, 5) is 25.6. The predicted molar refractivity (Wildman–Crippen MR) is 110 cm³/mol. The first-order chi connectivity index (χ1) is 14.5. The van der Waals surface area contributed by atoms with Gasteiger partial charge in [-0.05, 0) is 50.8 Å². The summed E-state index contributed by atoms with van der Waals surface area (Å²) >= 11 is 0. The summed E-state index contributed by atoms with van der Waals surface area (Å²) in [7, 11) is 0. The Balaban J connectivity index is 1.49. The number of hydrogen-bond donors (Lipinski definition) is 1. The van der Waals surface area contributed by atoms with Crippen LogP contribution >= 0.6 is 0 Å². The minimum atomic E-state index is -1.01. The topological polar surface area (TPSA) is 97.0 Å². The van der Waals surface area contributed by atoms with Crippen LogP contribution in [-0.4, -0.2) is 33.3 Å². The second-order valence-electron chi connectivity index (χ2n) is 8.27. The number of benzene rings is 1. The lowest BCUT2D eigenvalue weighted by atomic mass is 9.83. The summed E-state index contributed by atoms with van der Waals surface area (Å²) in [6.45, 7) is 1.53. The van der Waals surface area contributed by atoms with Crippen molar-refractivity contribution in [3.63, 3.8) is 0 Å². The van der Waals surface area contributed by atoms with Gasteiger partial charge in [-0.1, -0.05) is 37.5 Å². The standard InChI is InChI=1S/C23H26N4O3/c1-16(21(28)25-23(15-24)12-6-3-7-13-23)30-22(29)20-14-19(17-10-11-17)26-27(20)18-8-4-2-5-9-18/h2,4-5,8-9,14,16-17H,3,6-7,10-13H2,1H3,(H,25,28)/t16-/m0/s1. The van der Waals surface area contributed by atoms with Crippen LogP contribution in [0.1, 0.15) is 74.0 Å². The van der Waals surface area contributed by atoms with E-state index in [2.05, 4.69) is 16.5 Å². The summed E-state index contributed by atoms with van der Waals surface area (Å²) in [5.74, 6) is -0.667. The molecule has 2 saturated carbocycles. The van der Waals surface area contributed by atoms with Crippen molar-refractivity contribution in [2.24, 2.45) is 0 Å². The van der Waals surface area contributed by atoms with Gasteiger partial charge in [-0.25, -0.2) is 9.48 Å². The molecule has 0 bridgehead atoms. The molecule has 156 valence electrons. The molecule has 7 nitrogen and oxygen atoms in total. The minimum absolute atomic E-state index is 0.301. The maximum Gasteiger partial charge on any atom is 0.357 e. The molecular formula is C23H26N4O3. The average Bonchev–Trinajstić information content (AvgIpc) is 3.53. The first-order valence-electron chi connectivity index (χ1n) is 10.6. The summed E-state index contributed by atoms with van der Waals surface area (Å²) in [6.07, 6.45) is 5.25. The van der Waals surface area contributed by atoms with E-state index in [-0.39, 0.29) is 0 Å². The monoisotopic (exact) mass is 406 g/mol. The highest BCUT2D eigenvalue weighted by Gasteiger charge is 2.36. The Hall–Kier alpha value is -3.14. The van der Waals surface area contributed by atoms with Crippen molar-refractivity contribution in [1.82, 2.24) is 15.1 Å². The van der Waals surface area contributed by atoms with E-state index >= 15 is 0 Å². The van der Waals surface area contributed by atoms with Gasteiger partial charge in [0.05, 0.1) is 17.5 Å². The van der Waals surface area contributed by atoms with Crippen LogP contribution in [-0.2, 0) is 9.53 Å². The van der Waals surface area contributed by atoms with E-state index in [9.17, 15) is 14.9 Å². The molecule has 1 atom stereocenters. The zero-order valence-electron chi connectivity index (χ0n) is 17.1. The van der Waals surface area contributed by atoms with Gasteiger partial charge in [-0.3, -0.25) is 4.79 Å². The third-order valence-electron chi connectivity index (χ3n) is 5.87. The molecule has 2 fully saturated rings. The molecular weight excluding hydrogens is 380 g/mol. The molecule has 1 N–H and O–H groups in total. The number of para-hydroxylation sites is 1. The molecule has 0 saturated heterocycles. The number of rotatable bonds is 6. The molecule has 1 heterocycles. The third-order valence-corrected chi connectivity index (χ3v) is 5.87. The number of esters is 1. The Morgan fingerprint density at radius 1 is 1.23 bits per heavy atom. The molecule has 2 aliphatic rings. The van der Waals surface area contributed by atoms with Crippen molar-refractivity contribution in [2.75, 3.05) is 0 Å². The van der Waals surface area contributed by atoms with Gasteiger partial charge in [-0.2, -0.15) is 10.4 Å². The zero-order chi connectivity index (χ0) is 21.1. The minimum Gasteiger partial charge on any atom is -0.448 e. The van der Waals surface area contributed by atoms with Crippen LogP contribution in [0.5, 0.6) is 0 Å². The zero-order valence-corrected chi connectivity index (χ0v) is 17.1. The van der Waals surface area contributed by atoms with Gasteiger partial charge in [0, 0.05) is 5.92 Å². The van der Waals surface area contributed by atoms with Gasteiger partial charge < -0.3 is 10.1 Å². The number of aromatic nitrogens is 2. The van der Waals surface area contributed by atoms with Crippen molar-refractivity contribution in [1.29, 1.82) is 5.26 Å².